The van der Waals surface area contributed by atoms with Crippen LogP contribution >= 0.6 is 0 Å². The molecule has 0 bridgehead atoms. The fourth-order valence-electron chi connectivity index (χ4n) is 11.7. The Bertz CT molecular complexity index is 819. The number of rotatable bonds is 18. The third-order valence-corrected chi connectivity index (χ3v) is 14.5. The van der Waals surface area contributed by atoms with Crippen LogP contribution in [0.5, 0.6) is 0 Å². The molecule has 0 heterocycles. The van der Waals surface area contributed by atoms with Crippen LogP contribution in [0.25, 0.3) is 0 Å². The van der Waals surface area contributed by atoms with E-state index in [9.17, 15) is 4.79 Å². The van der Waals surface area contributed by atoms with Gasteiger partial charge in [0.05, 0.1) is 6.61 Å². The van der Waals surface area contributed by atoms with Crippen molar-refractivity contribution in [2.45, 2.75) is 189 Å². The summed E-state index contributed by atoms with van der Waals surface area (Å²) in [5.41, 5.74) is 1.24. The summed E-state index contributed by atoms with van der Waals surface area (Å²) in [6.07, 6.45) is 31.0. The normalized spacial score (nSPS) is 35.2. The molecular formula is C41H74O2. The van der Waals surface area contributed by atoms with Crippen LogP contribution in [0.1, 0.15) is 189 Å². The second kappa shape index (κ2) is 16.9. The predicted molar refractivity (Wildman–Crippen MR) is 184 cm³/mol. The van der Waals surface area contributed by atoms with Crippen LogP contribution in [-0.4, -0.2) is 12.6 Å². The summed E-state index contributed by atoms with van der Waals surface area (Å²) in [6.45, 7) is 15.7. The molecule has 2 nitrogen and oxygen atoms in total. The quantitative estimate of drug-likeness (QED) is 0.116. The van der Waals surface area contributed by atoms with E-state index in [0.29, 0.717) is 35.7 Å². The monoisotopic (exact) mass is 599 g/mol. The lowest BCUT2D eigenvalue weighted by Gasteiger charge is -2.61. The molecule has 0 spiro atoms. The van der Waals surface area contributed by atoms with Gasteiger partial charge in [-0.15, -0.1) is 0 Å². The van der Waals surface area contributed by atoms with Crippen molar-refractivity contribution in [2.75, 3.05) is 6.61 Å². The molecule has 0 aromatic rings. The first-order valence-corrected chi connectivity index (χ1v) is 19.9. The second-order valence-electron chi connectivity index (χ2n) is 17.3. The van der Waals surface area contributed by atoms with Crippen LogP contribution in [0.15, 0.2) is 0 Å². The van der Waals surface area contributed by atoms with Crippen molar-refractivity contribution in [1.29, 1.82) is 0 Å². The summed E-state index contributed by atoms with van der Waals surface area (Å²) in [5.74, 6) is 7.17. The van der Waals surface area contributed by atoms with Gasteiger partial charge < -0.3 is 4.74 Å². The number of carbonyl (C=O) groups excluding carboxylic acids is 1. The average molecular weight is 599 g/mol. The van der Waals surface area contributed by atoms with E-state index >= 15 is 0 Å². The smallest absolute Gasteiger partial charge is 0.305 e. The summed E-state index contributed by atoms with van der Waals surface area (Å²) in [5, 5.41) is 0. The molecule has 1 unspecified atom stereocenters. The summed E-state index contributed by atoms with van der Waals surface area (Å²) < 4.78 is 5.75. The van der Waals surface area contributed by atoms with Crippen LogP contribution in [0.2, 0.25) is 0 Å². The van der Waals surface area contributed by atoms with Gasteiger partial charge in [-0.3, -0.25) is 4.79 Å². The van der Waals surface area contributed by atoms with Gasteiger partial charge in [-0.05, 0) is 129 Å². The Morgan fingerprint density at radius 3 is 2.14 bits per heavy atom. The first-order chi connectivity index (χ1) is 20.7. The maximum atomic E-state index is 12.4. The highest BCUT2D eigenvalue weighted by atomic mass is 16.5. The fourth-order valence-corrected chi connectivity index (χ4v) is 11.7. The number of carbonyl (C=O) groups is 1. The van der Waals surface area contributed by atoms with Gasteiger partial charge in [-0.1, -0.05) is 112 Å². The molecule has 4 rings (SSSR count). The van der Waals surface area contributed by atoms with Crippen molar-refractivity contribution in [3.05, 3.63) is 0 Å². The number of hydrogen-bond acceptors (Lipinski definition) is 2. The standard InChI is InChI=1S/C41H74O2/c1-7-8-9-10-11-12-13-14-15-19-39(42)43-30-27-33(31(2)3)21-20-32(4)36-24-25-37-35-23-22-34-18-16-17-28-40(34,5)38(35)26-29-41(36,37)6/h31-38H,7-30H2,1-6H3/t32-,33+,34?,35+,36-,37+,38+,40+,41-/m1/s1. The lowest BCUT2D eigenvalue weighted by atomic mass is 9.44. The Kier molecular flexibility index (Phi) is 13.9. The lowest BCUT2D eigenvalue weighted by molar-refractivity contribution is -0.144. The lowest BCUT2D eigenvalue weighted by Crippen LogP contribution is -2.53. The van der Waals surface area contributed by atoms with Crippen molar-refractivity contribution < 1.29 is 9.53 Å². The zero-order valence-electron chi connectivity index (χ0n) is 29.9. The number of ether oxygens (including phenoxy) is 1. The maximum absolute atomic E-state index is 12.4. The molecule has 0 radical (unpaired) electrons. The highest BCUT2D eigenvalue weighted by Crippen LogP contribution is 2.68. The second-order valence-corrected chi connectivity index (χ2v) is 17.3. The Morgan fingerprint density at radius 1 is 0.721 bits per heavy atom. The van der Waals surface area contributed by atoms with E-state index in [1.54, 1.807) is 6.42 Å². The van der Waals surface area contributed by atoms with E-state index in [4.69, 9.17) is 4.74 Å². The van der Waals surface area contributed by atoms with Gasteiger partial charge in [0.1, 0.15) is 0 Å². The van der Waals surface area contributed by atoms with E-state index in [1.165, 1.54) is 122 Å². The van der Waals surface area contributed by atoms with Crippen LogP contribution in [-0.2, 0) is 9.53 Å². The largest absolute Gasteiger partial charge is 0.466 e. The van der Waals surface area contributed by atoms with Crippen molar-refractivity contribution in [3.8, 4) is 0 Å². The number of fused-ring (bicyclic) bond motifs is 5. The first kappa shape index (κ1) is 35.3. The highest BCUT2D eigenvalue weighted by molar-refractivity contribution is 5.69. The van der Waals surface area contributed by atoms with Gasteiger partial charge in [0.15, 0.2) is 0 Å². The topological polar surface area (TPSA) is 26.3 Å². The van der Waals surface area contributed by atoms with Crippen molar-refractivity contribution in [3.63, 3.8) is 0 Å². The zero-order chi connectivity index (χ0) is 30.9. The Labute approximate surface area is 269 Å². The minimum Gasteiger partial charge on any atom is -0.466 e. The molecular weight excluding hydrogens is 524 g/mol. The fraction of sp³-hybridized carbons (Fsp3) is 0.976. The highest BCUT2D eigenvalue weighted by Gasteiger charge is 2.60. The number of esters is 1. The molecule has 0 amide bonds. The maximum Gasteiger partial charge on any atom is 0.305 e. The van der Waals surface area contributed by atoms with E-state index in [2.05, 4.69) is 41.5 Å². The first-order valence-electron chi connectivity index (χ1n) is 19.9. The van der Waals surface area contributed by atoms with Gasteiger partial charge in [0, 0.05) is 6.42 Å². The molecule has 4 fully saturated rings. The molecule has 9 atom stereocenters. The van der Waals surface area contributed by atoms with E-state index in [-0.39, 0.29) is 5.97 Å². The van der Waals surface area contributed by atoms with Crippen molar-refractivity contribution in [1.82, 2.24) is 0 Å². The molecule has 2 heteroatoms. The molecule has 4 aliphatic rings. The number of unbranched alkanes of at least 4 members (excludes halogenated alkanes) is 8. The molecule has 0 aromatic carbocycles. The van der Waals surface area contributed by atoms with Gasteiger partial charge >= 0.3 is 5.97 Å². The summed E-state index contributed by atoms with van der Waals surface area (Å²) in [6, 6.07) is 0. The molecule has 4 aliphatic carbocycles. The molecule has 0 saturated heterocycles. The summed E-state index contributed by atoms with van der Waals surface area (Å²) in [4.78, 5) is 12.4. The van der Waals surface area contributed by atoms with Gasteiger partial charge in [0.2, 0.25) is 0 Å². The van der Waals surface area contributed by atoms with Crippen molar-refractivity contribution in [2.24, 2.45) is 58.2 Å². The molecule has 0 aromatic heterocycles. The minimum atomic E-state index is 0.0375. The molecule has 0 aliphatic heterocycles. The molecule has 0 N–H and O–H groups in total. The minimum absolute atomic E-state index is 0.0375. The third kappa shape index (κ3) is 8.84. The van der Waals surface area contributed by atoms with E-state index in [1.807, 2.05) is 0 Å². The van der Waals surface area contributed by atoms with E-state index in [0.717, 1.165) is 48.3 Å². The molecule has 43 heavy (non-hydrogen) atoms. The Hall–Kier alpha value is -0.530. The molecule has 250 valence electrons. The van der Waals surface area contributed by atoms with Gasteiger partial charge in [-0.2, -0.15) is 0 Å². The Balaban J connectivity index is 1.16. The van der Waals surface area contributed by atoms with Crippen LogP contribution in [0, 0.1) is 58.2 Å². The van der Waals surface area contributed by atoms with Crippen molar-refractivity contribution >= 4 is 5.97 Å². The summed E-state index contributed by atoms with van der Waals surface area (Å²) >= 11 is 0. The number of hydrogen-bond donors (Lipinski definition) is 0. The van der Waals surface area contributed by atoms with Gasteiger partial charge in [-0.25, -0.2) is 0 Å². The van der Waals surface area contributed by atoms with Crippen LogP contribution in [0.3, 0.4) is 0 Å². The third-order valence-electron chi connectivity index (χ3n) is 14.5. The van der Waals surface area contributed by atoms with Gasteiger partial charge in [0.25, 0.3) is 0 Å². The zero-order valence-corrected chi connectivity index (χ0v) is 29.9. The average Bonchev–Trinajstić information content (AvgIpc) is 3.34. The van der Waals surface area contributed by atoms with E-state index < -0.39 is 0 Å². The SMILES string of the molecule is CCCCCCCCCCCC(=O)OCC[C@H](CC[C@@H](C)[C@H]1CC[C@H]2[C@@H]3CCC4CCCC[C@]4(C)[C@H]3CC[C@]12C)C(C)C. The molecule has 4 saturated carbocycles. The van der Waals surface area contributed by atoms with Crippen LogP contribution < -0.4 is 0 Å². The summed E-state index contributed by atoms with van der Waals surface area (Å²) in [7, 11) is 0. The Morgan fingerprint density at radius 2 is 1.42 bits per heavy atom. The predicted octanol–water partition coefficient (Wildman–Crippen LogP) is 12.6. The van der Waals surface area contributed by atoms with Crippen LogP contribution in [0.4, 0.5) is 0 Å².